The van der Waals surface area contributed by atoms with Crippen LogP contribution in [-0.4, -0.2) is 14.7 Å². The van der Waals surface area contributed by atoms with Crippen molar-refractivity contribution in [3.8, 4) is 0 Å². The van der Waals surface area contributed by atoms with Gasteiger partial charge in [0.05, 0.1) is 16.3 Å². The van der Waals surface area contributed by atoms with Gasteiger partial charge < -0.3 is 5.32 Å². The van der Waals surface area contributed by atoms with Crippen molar-refractivity contribution in [1.82, 2.24) is 9.78 Å². The van der Waals surface area contributed by atoms with Gasteiger partial charge in [-0.05, 0) is 25.5 Å². The molecule has 94 valence electrons. The van der Waals surface area contributed by atoms with E-state index in [1.54, 1.807) is 23.0 Å². The lowest BCUT2D eigenvalue weighted by Crippen LogP contribution is -1.97. The molecule has 0 amide bonds. The molecule has 0 aliphatic rings. The quantitative estimate of drug-likeness (QED) is 0.667. The molecule has 2 aromatic rings. The molecular weight excluding hydrogens is 232 g/mol. The van der Waals surface area contributed by atoms with Crippen LogP contribution in [-0.2, 0) is 7.05 Å². The number of rotatable bonds is 3. The van der Waals surface area contributed by atoms with Gasteiger partial charge in [0, 0.05) is 19.3 Å². The second kappa shape index (κ2) is 4.48. The van der Waals surface area contributed by atoms with E-state index in [1.165, 1.54) is 6.07 Å². The Hall–Kier alpha value is -2.37. The van der Waals surface area contributed by atoms with Crippen molar-refractivity contribution in [3.63, 3.8) is 0 Å². The van der Waals surface area contributed by atoms with E-state index >= 15 is 0 Å². The highest BCUT2D eigenvalue weighted by atomic mass is 16.6. The number of anilines is 2. The Morgan fingerprint density at radius 2 is 2.06 bits per heavy atom. The SMILES string of the molecule is Cc1ccc([N+](=O)[O-])c(Nc2cn(C)nc2C)c1. The average molecular weight is 246 g/mol. The van der Waals surface area contributed by atoms with Crippen molar-refractivity contribution in [1.29, 1.82) is 0 Å². The highest BCUT2D eigenvalue weighted by Crippen LogP contribution is 2.29. The summed E-state index contributed by atoms with van der Waals surface area (Å²) >= 11 is 0. The molecule has 0 radical (unpaired) electrons. The summed E-state index contributed by atoms with van der Waals surface area (Å²) in [5.74, 6) is 0. The van der Waals surface area contributed by atoms with Gasteiger partial charge in [0.1, 0.15) is 5.69 Å². The van der Waals surface area contributed by atoms with Crippen molar-refractivity contribution in [2.75, 3.05) is 5.32 Å². The Morgan fingerprint density at radius 3 is 2.61 bits per heavy atom. The Morgan fingerprint density at radius 1 is 1.33 bits per heavy atom. The molecular formula is C12H14N4O2. The van der Waals surface area contributed by atoms with Gasteiger partial charge in [-0.25, -0.2) is 0 Å². The van der Waals surface area contributed by atoms with Crippen LogP contribution < -0.4 is 5.32 Å². The molecule has 6 nitrogen and oxygen atoms in total. The van der Waals surface area contributed by atoms with Crippen molar-refractivity contribution in [3.05, 3.63) is 45.8 Å². The van der Waals surface area contributed by atoms with Crippen LogP contribution in [0.1, 0.15) is 11.3 Å². The maximum atomic E-state index is 11.0. The third-order valence-corrected chi connectivity index (χ3v) is 2.63. The first kappa shape index (κ1) is 12.1. The topological polar surface area (TPSA) is 73.0 Å². The summed E-state index contributed by atoms with van der Waals surface area (Å²) in [6.45, 7) is 3.75. The monoisotopic (exact) mass is 246 g/mol. The zero-order valence-electron chi connectivity index (χ0n) is 10.5. The van der Waals surface area contributed by atoms with E-state index < -0.39 is 4.92 Å². The molecule has 0 bridgehead atoms. The van der Waals surface area contributed by atoms with E-state index in [0.29, 0.717) is 5.69 Å². The summed E-state index contributed by atoms with van der Waals surface area (Å²) in [7, 11) is 1.81. The van der Waals surface area contributed by atoms with E-state index in [2.05, 4.69) is 10.4 Å². The molecule has 6 heteroatoms. The molecule has 0 spiro atoms. The number of nitrogens with one attached hydrogen (secondary N) is 1. The third-order valence-electron chi connectivity index (χ3n) is 2.63. The second-order valence-corrected chi connectivity index (χ2v) is 4.20. The molecule has 0 aliphatic heterocycles. The highest BCUT2D eigenvalue weighted by molar-refractivity contribution is 5.70. The Labute approximate surface area is 104 Å². The lowest BCUT2D eigenvalue weighted by molar-refractivity contribution is -0.383. The van der Waals surface area contributed by atoms with Crippen molar-refractivity contribution in [2.45, 2.75) is 13.8 Å². The maximum Gasteiger partial charge on any atom is 0.292 e. The minimum Gasteiger partial charge on any atom is -0.347 e. The van der Waals surface area contributed by atoms with E-state index in [9.17, 15) is 10.1 Å². The van der Waals surface area contributed by atoms with Crippen LogP contribution in [0.4, 0.5) is 17.1 Å². The summed E-state index contributed by atoms with van der Waals surface area (Å²) in [6, 6.07) is 4.98. The predicted molar refractivity (Wildman–Crippen MR) is 69.1 cm³/mol. The van der Waals surface area contributed by atoms with E-state index in [-0.39, 0.29) is 5.69 Å². The largest absolute Gasteiger partial charge is 0.347 e. The van der Waals surface area contributed by atoms with Crippen LogP contribution in [0.15, 0.2) is 24.4 Å². The van der Waals surface area contributed by atoms with Gasteiger partial charge in [-0.15, -0.1) is 0 Å². The van der Waals surface area contributed by atoms with Crippen molar-refractivity contribution >= 4 is 17.1 Å². The fourth-order valence-corrected chi connectivity index (χ4v) is 1.78. The molecule has 0 unspecified atom stereocenters. The van der Waals surface area contributed by atoms with Gasteiger partial charge >= 0.3 is 0 Å². The standard InChI is InChI=1S/C12H14N4O2/c1-8-4-5-12(16(17)18)10(6-8)13-11-7-15(3)14-9(11)2/h4-7,13H,1-3H3. The average Bonchev–Trinajstić information content (AvgIpc) is 2.57. The molecule has 1 heterocycles. The molecule has 0 saturated carbocycles. The van der Waals surface area contributed by atoms with Gasteiger partial charge in [0.25, 0.3) is 5.69 Å². The minimum absolute atomic E-state index is 0.0591. The number of hydrogen-bond donors (Lipinski definition) is 1. The lowest BCUT2D eigenvalue weighted by Gasteiger charge is -2.06. The number of nitro benzene ring substituents is 1. The van der Waals surface area contributed by atoms with Crippen LogP contribution in [0.2, 0.25) is 0 Å². The zero-order chi connectivity index (χ0) is 13.3. The molecule has 18 heavy (non-hydrogen) atoms. The summed E-state index contributed by atoms with van der Waals surface area (Å²) in [6.07, 6.45) is 1.79. The summed E-state index contributed by atoms with van der Waals surface area (Å²) < 4.78 is 1.67. The van der Waals surface area contributed by atoms with Gasteiger partial charge in [0.15, 0.2) is 0 Å². The van der Waals surface area contributed by atoms with Gasteiger partial charge in [0.2, 0.25) is 0 Å². The van der Waals surface area contributed by atoms with Crippen molar-refractivity contribution < 1.29 is 4.92 Å². The Bertz CT molecular complexity index is 604. The van der Waals surface area contributed by atoms with Gasteiger partial charge in [-0.2, -0.15) is 5.10 Å². The van der Waals surface area contributed by atoms with E-state index in [1.807, 2.05) is 20.9 Å². The zero-order valence-corrected chi connectivity index (χ0v) is 10.5. The first-order valence-electron chi connectivity index (χ1n) is 5.49. The fraction of sp³-hybridized carbons (Fsp3) is 0.250. The smallest absolute Gasteiger partial charge is 0.292 e. The highest BCUT2D eigenvalue weighted by Gasteiger charge is 2.15. The molecule has 0 fully saturated rings. The van der Waals surface area contributed by atoms with E-state index in [0.717, 1.165) is 16.9 Å². The molecule has 1 aromatic heterocycles. The number of aromatic nitrogens is 2. The van der Waals surface area contributed by atoms with Crippen LogP contribution in [0.3, 0.4) is 0 Å². The van der Waals surface area contributed by atoms with Crippen LogP contribution >= 0.6 is 0 Å². The minimum atomic E-state index is -0.395. The molecule has 0 atom stereocenters. The Balaban J connectivity index is 2.42. The number of hydrogen-bond acceptors (Lipinski definition) is 4. The van der Waals surface area contributed by atoms with Crippen molar-refractivity contribution in [2.24, 2.45) is 7.05 Å². The normalized spacial score (nSPS) is 10.4. The van der Waals surface area contributed by atoms with Crippen LogP contribution in [0, 0.1) is 24.0 Å². The van der Waals surface area contributed by atoms with Crippen LogP contribution in [0.5, 0.6) is 0 Å². The summed E-state index contributed by atoms with van der Waals surface area (Å²) in [5.41, 5.74) is 3.07. The fourth-order valence-electron chi connectivity index (χ4n) is 1.78. The molecule has 0 aliphatic carbocycles. The number of aryl methyl sites for hydroxylation is 3. The molecule has 1 aromatic carbocycles. The maximum absolute atomic E-state index is 11.0. The third kappa shape index (κ3) is 2.32. The second-order valence-electron chi connectivity index (χ2n) is 4.20. The molecule has 2 rings (SSSR count). The van der Waals surface area contributed by atoms with Crippen LogP contribution in [0.25, 0.3) is 0 Å². The number of nitro groups is 1. The molecule has 1 N–H and O–H groups in total. The first-order valence-corrected chi connectivity index (χ1v) is 5.49. The Kier molecular flexibility index (Phi) is 3.01. The van der Waals surface area contributed by atoms with Gasteiger partial charge in [-0.1, -0.05) is 6.07 Å². The number of benzene rings is 1. The summed E-state index contributed by atoms with van der Waals surface area (Å²) in [4.78, 5) is 10.6. The molecule has 0 saturated heterocycles. The first-order chi connectivity index (χ1) is 8.47. The predicted octanol–water partition coefficient (Wildman–Crippen LogP) is 2.69. The number of nitrogens with zero attached hydrogens (tertiary/aromatic N) is 3. The lowest BCUT2D eigenvalue weighted by atomic mass is 10.2. The van der Waals surface area contributed by atoms with E-state index in [4.69, 9.17) is 0 Å². The summed E-state index contributed by atoms with van der Waals surface area (Å²) in [5, 5.41) is 18.2. The van der Waals surface area contributed by atoms with Gasteiger partial charge in [-0.3, -0.25) is 14.8 Å².